The average Bonchev–Trinajstić information content (AvgIpc) is 2.71. The predicted octanol–water partition coefficient (Wildman–Crippen LogP) is 1.48. The molecule has 0 radical (unpaired) electrons. The van der Waals surface area contributed by atoms with Gasteiger partial charge in [-0.1, -0.05) is 18.2 Å². The molecule has 0 bridgehead atoms. The molecule has 0 fully saturated rings. The molecular formula is C21H23N5O3. The lowest BCUT2D eigenvalue weighted by Crippen LogP contribution is -2.34. The molecule has 0 aliphatic rings. The molecule has 1 atom stereocenters. The number of H-pyrrole nitrogens is 1. The van der Waals surface area contributed by atoms with Crippen molar-refractivity contribution in [1.82, 2.24) is 4.98 Å². The molecule has 8 heteroatoms. The van der Waals surface area contributed by atoms with Crippen LogP contribution in [0.3, 0.4) is 0 Å². The van der Waals surface area contributed by atoms with Gasteiger partial charge >= 0.3 is 5.97 Å². The largest absolute Gasteiger partial charge is 0.425 e. The third-order valence-corrected chi connectivity index (χ3v) is 4.41. The van der Waals surface area contributed by atoms with Gasteiger partial charge in [0.1, 0.15) is 11.8 Å². The number of rotatable bonds is 7. The summed E-state index contributed by atoms with van der Waals surface area (Å²) in [6, 6.07) is 15.4. The highest BCUT2D eigenvalue weighted by Gasteiger charge is 2.15. The van der Waals surface area contributed by atoms with Crippen LogP contribution in [0.4, 0.5) is 0 Å². The van der Waals surface area contributed by atoms with Gasteiger partial charge in [-0.15, -0.1) is 0 Å². The Bertz CT molecular complexity index is 1090. The SMILES string of the molecule is NC(N)=NCCC[C@H](N)C(=O)Oc1ccc(-c2cc3ccccc3c(=O)[nH]2)cc1. The van der Waals surface area contributed by atoms with Crippen molar-refractivity contribution in [3.05, 3.63) is 65.0 Å². The number of aromatic amines is 1. The first-order valence-electron chi connectivity index (χ1n) is 9.19. The zero-order valence-electron chi connectivity index (χ0n) is 15.8. The quantitative estimate of drug-likeness (QED) is 0.157. The molecule has 0 unspecified atom stereocenters. The Hall–Kier alpha value is -3.65. The Labute approximate surface area is 167 Å². The molecule has 8 nitrogen and oxygen atoms in total. The van der Waals surface area contributed by atoms with Gasteiger partial charge in [0.25, 0.3) is 5.56 Å². The second kappa shape index (κ2) is 9.03. The van der Waals surface area contributed by atoms with Crippen LogP contribution in [0, 0.1) is 0 Å². The normalized spacial score (nSPS) is 11.8. The number of nitrogens with two attached hydrogens (primary N) is 3. The predicted molar refractivity (Wildman–Crippen MR) is 114 cm³/mol. The van der Waals surface area contributed by atoms with E-state index in [9.17, 15) is 9.59 Å². The number of ether oxygens (including phenoxy) is 1. The fraction of sp³-hybridized carbons (Fsp3) is 0.190. The highest BCUT2D eigenvalue weighted by atomic mass is 16.5. The zero-order chi connectivity index (χ0) is 20.8. The third kappa shape index (κ3) is 5.20. The number of benzene rings is 2. The van der Waals surface area contributed by atoms with Crippen LogP contribution in [-0.4, -0.2) is 29.5 Å². The van der Waals surface area contributed by atoms with E-state index in [1.807, 2.05) is 24.3 Å². The minimum Gasteiger partial charge on any atom is -0.425 e. The smallest absolute Gasteiger partial charge is 0.328 e. The van der Waals surface area contributed by atoms with Gasteiger partial charge in [0.15, 0.2) is 5.96 Å². The molecule has 0 aliphatic heterocycles. The monoisotopic (exact) mass is 393 g/mol. The van der Waals surface area contributed by atoms with Gasteiger partial charge < -0.3 is 26.9 Å². The molecule has 0 saturated carbocycles. The number of hydrogen-bond donors (Lipinski definition) is 4. The number of guanidine groups is 1. The van der Waals surface area contributed by atoms with E-state index < -0.39 is 12.0 Å². The highest BCUT2D eigenvalue weighted by Crippen LogP contribution is 2.23. The van der Waals surface area contributed by atoms with E-state index in [1.165, 1.54) is 0 Å². The van der Waals surface area contributed by atoms with Crippen LogP contribution >= 0.6 is 0 Å². The summed E-state index contributed by atoms with van der Waals surface area (Å²) in [6.45, 7) is 0.405. The molecule has 1 heterocycles. The highest BCUT2D eigenvalue weighted by molar-refractivity contribution is 5.85. The molecule has 29 heavy (non-hydrogen) atoms. The van der Waals surface area contributed by atoms with Crippen LogP contribution in [-0.2, 0) is 4.79 Å². The Morgan fingerprint density at radius 1 is 1.10 bits per heavy atom. The number of carbonyl (C=O) groups is 1. The second-order valence-corrected chi connectivity index (χ2v) is 6.60. The number of pyridine rings is 1. The van der Waals surface area contributed by atoms with Crippen molar-refractivity contribution < 1.29 is 9.53 Å². The van der Waals surface area contributed by atoms with E-state index in [0.717, 1.165) is 10.9 Å². The summed E-state index contributed by atoms with van der Waals surface area (Å²) in [6.07, 6.45) is 0.981. The molecule has 0 saturated heterocycles. The Balaban J connectivity index is 1.65. The van der Waals surface area contributed by atoms with Crippen molar-refractivity contribution in [2.45, 2.75) is 18.9 Å². The molecule has 0 aliphatic carbocycles. The van der Waals surface area contributed by atoms with Crippen LogP contribution in [0.2, 0.25) is 0 Å². The number of hydrogen-bond acceptors (Lipinski definition) is 5. The number of nitrogens with zero attached hydrogens (tertiary/aromatic N) is 1. The molecular weight excluding hydrogens is 370 g/mol. The fourth-order valence-electron chi connectivity index (χ4n) is 2.90. The molecule has 7 N–H and O–H groups in total. The summed E-state index contributed by atoms with van der Waals surface area (Å²) < 4.78 is 5.32. The first-order valence-corrected chi connectivity index (χ1v) is 9.19. The minimum atomic E-state index is -0.763. The lowest BCUT2D eigenvalue weighted by Gasteiger charge is -2.11. The molecule has 150 valence electrons. The molecule has 0 spiro atoms. The maximum absolute atomic E-state index is 12.2. The molecule has 0 amide bonds. The van der Waals surface area contributed by atoms with Crippen molar-refractivity contribution >= 4 is 22.7 Å². The Morgan fingerprint density at radius 2 is 1.83 bits per heavy atom. The van der Waals surface area contributed by atoms with Gasteiger partial charge in [0.2, 0.25) is 0 Å². The van der Waals surface area contributed by atoms with Gasteiger partial charge in [-0.05, 0) is 60.2 Å². The zero-order valence-corrected chi connectivity index (χ0v) is 15.8. The second-order valence-electron chi connectivity index (χ2n) is 6.60. The van der Waals surface area contributed by atoms with E-state index in [-0.39, 0.29) is 11.5 Å². The number of carbonyl (C=O) groups excluding carboxylic acids is 1. The fourth-order valence-corrected chi connectivity index (χ4v) is 2.90. The minimum absolute atomic E-state index is 0.00833. The summed E-state index contributed by atoms with van der Waals surface area (Å²) in [7, 11) is 0. The number of esters is 1. The van der Waals surface area contributed by atoms with Crippen LogP contribution in [0.1, 0.15) is 12.8 Å². The number of nitrogens with one attached hydrogen (secondary N) is 1. The summed E-state index contributed by atoms with van der Waals surface area (Å²) in [5, 5.41) is 1.49. The van der Waals surface area contributed by atoms with Gasteiger partial charge in [0, 0.05) is 17.6 Å². The number of aliphatic imine (C=N–C) groups is 1. The van der Waals surface area contributed by atoms with Crippen molar-refractivity contribution in [2.24, 2.45) is 22.2 Å². The van der Waals surface area contributed by atoms with E-state index in [1.54, 1.807) is 30.3 Å². The van der Waals surface area contributed by atoms with Gasteiger partial charge in [-0.25, -0.2) is 4.79 Å². The first-order chi connectivity index (χ1) is 13.9. The maximum Gasteiger partial charge on any atom is 0.328 e. The summed E-state index contributed by atoms with van der Waals surface area (Å²) in [5.74, 6) is -0.142. The number of aromatic nitrogens is 1. The van der Waals surface area contributed by atoms with Crippen molar-refractivity contribution in [2.75, 3.05) is 6.54 Å². The van der Waals surface area contributed by atoms with Gasteiger partial charge in [0.05, 0.1) is 0 Å². The van der Waals surface area contributed by atoms with E-state index in [0.29, 0.717) is 36.2 Å². The molecule has 3 aromatic rings. The lowest BCUT2D eigenvalue weighted by atomic mass is 10.1. The summed E-state index contributed by atoms with van der Waals surface area (Å²) in [4.78, 5) is 31.1. The molecule has 2 aromatic carbocycles. The van der Waals surface area contributed by atoms with Crippen molar-refractivity contribution in [1.29, 1.82) is 0 Å². The topological polar surface area (TPSA) is 150 Å². The van der Waals surface area contributed by atoms with Gasteiger partial charge in [-0.2, -0.15) is 0 Å². The third-order valence-electron chi connectivity index (χ3n) is 4.41. The van der Waals surface area contributed by atoms with Crippen LogP contribution in [0.15, 0.2) is 64.4 Å². The van der Waals surface area contributed by atoms with E-state index >= 15 is 0 Å². The number of fused-ring (bicyclic) bond motifs is 1. The Morgan fingerprint density at radius 3 is 2.55 bits per heavy atom. The van der Waals surface area contributed by atoms with Crippen LogP contribution < -0.4 is 27.5 Å². The lowest BCUT2D eigenvalue weighted by molar-refractivity contribution is -0.136. The van der Waals surface area contributed by atoms with Gasteiger partial charge in [-0.3, -0.25) is 9.79 Å². The molecule has 3 rings (SSSR count). The average molecular weight is 393 g/mol. The van der Waals surface area contributed by atoms with Crippen molar-refractivity contribution in [3.63, 3.8) is 0 Å². The Kier molecular flexibility index (Phi) is 6.25. The summed E-state index contributed by atoms with van der Waals surface area (Å²) in [5.41, 5.74) is 17.7. The van der Waals surface area contributed by atoms with E-state index in [2.05, 4.69) is 9.98 Å². The first kappa shape index (κ1) is 20.1. The van der Waals surface area contributed by atoms with Crippen LogP contribution in [0.25, 0.3) is 22.0 Å². The maximum atomic E-state index is 12.2. The molecule has 1 aromatic heterocycles. The van der Waals surface area contributed by atoms with Crippen molar-refractivity contribution in [3.8, 4) is 17.0 Å². The van der Waals surface area contributed by atoms with E-state index in [4.69, 9.17) is 21.9 Å². The standard InChI is InChI=1S/C21H23N5O3/c22-17(6-3-11-25-21(23)24)20(28)29-15-9-7-13(8-10-15)18-12-14-4-1-2-5-16(14)19(27)26-18/h1-2,4-5,7-10,12,17H,3,6,11,22H2,(H,26,27)(H4,23,24,25)/t17-/m0/s1. The van der Waals surface area contributed by atoms with Crippen LogP contribution in [0.5, 0.6) is 5.75 Å². The summed E-state index contributed by atoms with van der Waals surface area (Å²) >= 11 is 0.